The second-order valence-corrected chi connectivity index (χ2v) is 4.17. The Labute approximate surface area is 94.5 Å². The van der Waals surface area contributed by atoms with Crippen molar-refractivity contribution in [1.82, 2.24) is 4.98 Å². The zero-order chi connectivity index (χ0) is 11.0. The lowest BCUT2D eigenvalue weighted by atomic mass is 10.1. The Hall–Kier alpha value is -1.60. The number of aryl methyl sites for hydroxylation is 1. The second-order valence-electron chi connectivity index (χ2n) is 3.26. The number of benzene rings is 1. The molecule has 3 nitrogen and oxygen atoms in total. The normalized spacial score (nSPS) is 10.2. The van der Waals surface area contributed by atoms with E-state index in [1.54, 1.807) is 6.92 Å². The summed E-state index contributed by atoms with van der Waals surface area (Å²) in [4.78, 5) is 14.2. The molecule has 0 saturated carbocycles. The van der Waals surface area contributed by atoms with Crippen molar-refractivity contribution in [3.63, 3.8) is 0 Å². The minimum absolute atomic E-state index is 0.181. The van der Waals surface area contributed by atoms with Crippen LogP contribution in [0.25, 0.3) is 10.9 Å². The van der Waals surface area contributed by atoms with Crippen molar-refractivity contribution >= 4 is 26.8 Å². The first kappa shape index (κ1) is 9.94. The molecule has 1 aromatic carbocycles. The van der Waals surface area contributed by atoms with Gasteiger partial charge in [-0.3, -0.25) is 4.79 Å². The zero-order valence-electron chi connectivity index (χ0n) is 7.97. The molecule has 0 aliphatic heterocycles. The number of nitrogens with one attached hydrogen (secondary N) is 1. The highest BCUT2D eigenvalue weighted by atomic mass is 79.9. The molecule has 74 valence electrons. The molecule has 2 rings (SSSR count). The van der Waals surface area contributed by atoms with Gasteiger partial charge in [-0.05, 0) is 30.7 Å². The second kappa shape index (κ2) is 3.52. The maximum atomic E-state index is 11.5. The van der Waals surface area contributed by atoms with Gasteiger partial charge in [0.2, 0.25) is 0 Å². The van der Waals surface area contributed by atoms with E-state index in [-0.39, 0.29) is 11.1 Å². The van der Waals surface area contributed by atoms with E-state index in [1.165, 1.54) is 0 Å². The molecule has 0 bridgehead atoms. The topological polar surface area (TPSA) is 56.6 Å². The van der Waals surface area contributed by atoms with Gasteiger partial charge in [0.1, 0.15) is 11.6 Å². The number of aromatic nitrogens is 1. The smallest absolute Gasteiger partial charge is 0.266 e. The highest BCUT2D eigenvalue weighted by Gasteiger charge is 2.08. The van der Waals surface area contributed by atoms with E-state index in [1.807, 2.05) is 24.3 Å². The molecule has 0 amide bonds. The van der Waals surface area contributed by atoms with Crippen molar-refractivity contribution in [2.45, 2.75) is 6.92 Å². The van der Waals surface area contributed by atoms with Gasteiger partial charge in [0.05, 0.1) is 0 Å². The molecule has 4 heteroatoms. The molecule has 0 aliphatic rings. The quantitative estimate of drug-likeness (QED) is 0.793. The van der Waals surface area contributed by atoms with Crippen LogP contribution in [0.2, 0.25) is 0 Å². The lowest BCUT2D eigenvalue weighted by molar-refractivity contribution is 1.24. The van der Waals surface area contributed by atoms with Gasteiger partial charge in [0.25, 0.3) is 5.56 Å². The van der Waals surface area contributed by atoms with Crippen LogP contribution in [0.15, 0.2) is 27.5 Å². The molecule has 0 unspecified atom stereocenters. The molecule has 1 N–H and O–H groups in total. The summed E-state index contributed by atoms with van der Waals surface area (Å²) in [5.74, 6) is 0. The minimum Gasteiger partial charge on any atom is -0.321 e. The molecular weight excluding hydrogens is 256 g/mol. The van der Waals surface area contributed by atoms with Crippen molar-refractivity contribution in [3.8, 4) is 6.07 Å². The number of H-pyrrole nitrogens is 1. The van der Waals surface area contributed by atoms with Gasteiger partial charge in [-0.1, -0.05) is 15.9 Å². The van der Waals surface area contributed by atoms with Crippen LogP contribution in [0, 0.1) is 18.3 Å². The molecule has 0 saturated heterocycles. The van der Waals surface area contributed by atoms with E-state index in [4.69, 9.17) is 5.26 Å². The average Bonchev–Trinajstić information content (AvgIpc) is 2.20. The predicted molar refractivity (Wildman–Crippen MR) is 61.7 cm³/mol. The summed E-state index contributed by atoms with van der Waals surface area (Å²) in [5, 5.41) is 9.74. The Morgan fingerprint density at radius 1 is 1.47 bits per heavy atom. The largest absolute Gasteiger partial charge is 0.321 e. The van der Waals surface area contributed by atoms with Crippen molar-refractivity contribution in [1.29, 1.82) is 5.26 Å². The summed E-state index contributed by atoms with van der Waals surface area (Å²) in [7, 11) is 0. The van der Waals surface area contributed by atoms with E-state index in [2.05, 4.69) is 20.9 Å². The molecule has 1 heterocycles. The number of rotatable bonds is 0. The third kappa shape index (κ3) is 1.55. The van der Waals surface area contributed by atoms with Gasteiger partial charge in [0, 0.05) is 15.4 Å². The third-order valence-electron chi connectivity index (χ3n) is 2.35. The monoisotopic (exact) mass is 262 g/mol. The van der Waals surface area contributed by atoms with Crippen LogP contribution in [0.4, 0.5) is 0 Å². The van der Waals surface area contributed by atoms with E-state index >= 15 is 0 Å². The third-order valence-corrected chi connectivity index (χ3v) is 2.84. The Morgan fingerprint density at radius 3 is 2.87 bits per heavy atom. The summed E-state index contributed by atoms with van der Waals surface area (Å²) >= 11 is 3.36. The Balaban J connectivity index is 3.00. The lowest BCUT2D eigenvalue weighted by Gasteiger charge is -2.03. The summed E-state index contributed by atoms with van der Waals surface area (Å²) in [5.41, 5.74) is 1.32. The molecule has 0 atom stereocenters. The number of aromatic amines is 1. The van der Waals surface area contributed by atoms with E-state index in [0.29, 0.717) is 0 Å². The van der Waals surface area contributed by atoms with Gasteiger partial charge in [-0.25, -0.2) is 0 Å². The van der Waals surface area contributed by atoms with E-state index < -0.39 is 0 Å². The van der Waals surface area contributed by atoms with Crippen LogP contribution in [-0.4, -0.2) is 4.98 Å². The van der Waals surface area contributed by atoms with Gasteiger partial charge < -0.3 is 4.98 Å². The minimum atomic E-state index is -0.329. The molecule has 0 spiro atoms. The zero-order valence-corrected chi connectivity index (χ0v) is 9.55. The fourth-order valence-corrected chi connectivity index (χ4v) is 1.92. The SMILES string of the molecule is Cc1c(C#N)c(=O)[nH]c2ccc(Br)cc12. The first-order chi connectivity index (χ1) is 7.13. The van der Waals surface area contributed by atoms with Crippen molar-refractivity contribution in [2.75, 3.05) is 0 Å². The van der Waals surface area contributed by atoms with Gasteiger partial charge in [0.15, 0.2) is 0 Å². The van der Waals surface area contributed by atoms with Gasteiger partial charge in [-0.15, -0.1) is 0 Å². The van der Waals surface area contributed by atoms with Crippen LogP contribution in [0.5, 0.6) is 0 Å². The molecule has 15 heavy (non-hydrogen) atoms. The molecule has 2 aromatic rings. The van der Waals surface area contributed by atoms with Crippen LogP contribution in [0.1, 0.15) is 11.1 Å². The number of hydrogen-bond acceptors (Lipinski definition) is 2. The number of hydrogen-bond donors (Lipinski definition) is 1. The average molecular weight is 263 g/mol. The van der Waals surface area contributed by atoms with Crippen LogP contribution in [-0.2, 0) is 0 Å². The van der Waals surface area contributed by atoms with Crippen molar-refractivity contribution in [3.05, 3.63) is 44.2 Å². The van der Waals surface area contributed by atoms with Crippen molar-refractivity contribution < 1.29 is 0 Å². The fraction of sp³-hybridized carbons (Fsp3) is 0.0909. The van der Waals surface area contributed by atoms with Crippen LogP contribution < -0.4 is 5.56 Å². The highest BCUT2D eigenvalue weighted by Crippen LogP contribution is 2.21. The summed E-state index contributed by atoms with van der Waals surface area (Å²) in [6, 6.07) is 7.47. The number of fused-ring (bicyclic) bond motifs is 1. The maximum absolute atomic E-state index is 11.5. The lowest BCUT2D eigenvalue weighted by Crippen LogP contribution is -2.12. The Bertz CT molecular complexity index is 637. The molecular formula is C11H7BrN2O. The number of nitriles is 1. The highest BCUT2D eigenvalue weighted by molar-refractivity contribution is 9.10. The molecule has 0 fully saturated rings. The van der Waals surface area contributed by atoms with Crippen molar-refractivity contribution in [2.24, 2.45) is 0 Å². The standard InChI is InChI=1S/C11H7BrN2O/c1-6-8-4-7(12)2-3-10(8)14-11(15)9(6)5-13/h2-4H,1H3,(H,14,15). The first-order valence-corrected chi connectivity index (χ1v) is 5.15. The molecule has 0 radical (unpaired) electrons. The number of halogens is 1. The predicted octanol–water partition coefficient (Wildman–Crippen LogP) is 2.47. The number of pyridine rings is 1. The summed E-state index contributed by atoms with van der Waals surface area (Å²) < 4.78 is 0.925. The molecule has 0 aliphatic carbocycles. The first-order valence-electron chi connectivity index (χ1n) is 4.35. The maximum Gasteiger partial charge on any atom is 0.266 e. The fourth-order valence-electron chi connectivity index (χ4n) is 1.56. The molecule has 1 aromatic heterocycles. The van der Waals surface area contributed by atoms with Gasteiger partial charge >= 0.3 is 0 Å². The Kier molecular flexibility index (Phi) is 2.33. The summed E-state index contributed by atoms with van der Waals surface area (Å²) in [6.45, 7) is 1.78. The van der Waals surface area contributed by atoms with Gasteiger partial charge in [-0.2, -0.15) is 5.26 Å². The van der Waals surface area contributed by atoms with Crippen LogP contribution in [0.3, 0.4) is 0 Å². The van der Waals surface area contributed by atoms with E-state index in [9.17, 15) is 4.79 Å². The number of nitrogens with zero attached hydrogens (tertiary/aromatic N) is 1. The van der Waals surface area contributed by atoms with Crippen LogP contribution >= 0.6 is 15.9 Å². The van der Waals surface area contributed by atoms with E-state index in [0.717, 1.165) is 20.9 Å². The summed E-state index contributed by atoms with van der Waals surface area (Å²) in [6.07, 6.45) is 0. The Morgan fingerprint density at radius 2 is 2.20 bits per heavy atom.